The van der Waals surface area contributed by atoms with E-state index < -0.39 is 6.04 Å². The lowest BCUT2D eigenvalue weighted by molar-refractivity contribution is -0.156. The van der Waals surface area contributed by atoms with Crippen LogP contribution in [0.4, 0.5) is 0 Å². The maximum absolute atomic E-state index is 12.9. The molecule has 7 nitrogen and oxygen atoms in total. The van der Waals surface area contributed by atoms with Crippen LogP contribution >= 0.6 is 0 Å². The van der Waals surface area contributed by atoms with Crippen molar-refractivity contribution < 1.29 is 23.8 Å². The van der Waals surface area contributed by atoms with Crippen molar-refractivity contribution in [1.82, 2.24) is 9.80 Å². The summed E-state index contributed by atoms with van der Waals surface area (Å²) in [5.41, 5.74) is 1.09. The van der Waals surface area contributed by atoms with Gasteiger partial charge >= 0.3 is 5.97 Å². The van der Waals surface area contributed by atoms with E-state index in [2.05, 4.69) is 4.90 Å². The van der Waals surface area contributed by atoms with Gasteiger partial charge in [0.1, 0.15) is 23.6 Å². The third kappa shape index (κ3) is 5.41. The summed E-state index contributed by atoms with van der Waals surface area (Å²) in [7, 11) is 1.64. The molecular weight excluding hydrogens is 372 g/mol. The number of nitrogens with zero attached hydrogens (tertiary/aromatic N) is 2. The molecule has 2 aliphatic rings. The molecule has 1 amide bonds. The Bertz CT molecular complexity index is 723. The molecule has 1 fully saturated rings. The largest absolute Gasteiger partial charge is 0.497 e. The maximum Gasteiger partial charge on any atom is 0.328 e. The summed E-state index contributed by atoms with van der Waals surface area (Å²) in [5.74, 6) is 1.36. The van der Waals surface area contributed by atoms with Gasteiger partial charge in [-0.15, -0.1) is 0 Å². The Kier molecular flexibility index (Phi) is 7.36. The number of hydrogen-bond acceptors (Lipinski definition) is 6. The highest BCUT2D eigenvalue weighted by atomic mass is 16.5. The van der Waals surface area contributed by atoms with Crippen molar-refractivity contribution in [1.29, 1.82) is 0 Å². The molecule has 0 spiro atoms. The van der Waals surface area contributed by atoms with Crippen molar-refractivity contribution in [2.45, 2.75) is 58.2 Å². The van der Waals surface area contributed by atoms with Gasteiger partial charge in [-0.05, 0) is 39.2 Å². The van der Waals surface area contributed by atoms with Gasteiger partial charge in [0.15, 0.2) is 0 Å². The van der Waals surface area contributed by atoms with E-state index in [4.69, 9.17) is 14.2 Å². The van der Waals surface area contributed by atoms with Gasteiger partial charge in [0.25, 0.3) is 0 Å². The van der Waals surface area contributed by atoms with Crippen LogP contribution in [0, 0.1) is 0 Å². The van der Waals surface area contributed by atoms with Crippen LogP contribution in [0.3, 0.4) is 0 Å². The number of likely N-dealkylation sites (tertiary alicyclic amines) is 1. The Labute approximate surface area is 172 Å². The van der Waals surface area contributed by atoms with Crippen molar-refractivity contribution in [3.63, 3.8) is 0 Å². The summed E-state index contributed by atoms with van der Waals surface area (Å²) in [6.07, 6.45) is 2.98. The SMILES string of the molecule is CCOC(=O)C1CCCCN1C(=O)CCN1Cc2ccc(OC)cc2OC(C)C1. The van der Waals surface area contributed by atoms with Gasteiger partial charge < -0.3 is 19.1 Å². The minimum atomic E-state index is -0.434. The second-order valence-corrected chi connectivity index (χ2v) is 7.74. The molecule has 1 aromatic carbocycles. The summed E-state index contributed by atoms with van der Waals surface area (Å²) in [6.45, 7) is 6.89. The highest BCUT2D eigenvalue weighted by molar-refractivity contribution is 5.84. The van der Waals surface area contributed by atoms with Crippen LogP contribution in [0.25, 0.3) is 0 Å². The smallest absolute Gasteiger partial charge is 0.328 e. The number of rotatable bonds is 6. The van der Waals surface area contributed by atoms with Gasteiger partial charge in [-0.3, -0.25) is 9.69 Å². The predicted octanol–water partition coefficient (Wildman–Crippen LogP) is 2.61. The predicted molar refractivity (Wildman–Crippen MR) is 109 cm³/mol. The van der Waals surface area contributed by atoms with Crippen molar-refractivity contribution in [2.24, 2.45) is 0 Å². The van der Waals surface area contributed by atoms with Gasteiger partial charge in [-0.1, -0.05) is 6.07 Å². The molecule has 3 rings (SSSR count). The van der Waals surface area contributed by atoms with E-state index in [0.717, 1.165) is 43.0 Å². The van der Waals surface area contributed by atoms with E-state index >= 15 is 0 Å². The minimum Gasteiger partial charge on any atom is -0.497 e. The summed E-state index contributed by atoms with van der Waals surface area (Å²) in [6, 6.07) is 5.43. The van der Waals surface area contributed by atoms with E-state index in [1.807, 2.05) is 25.1 Å². The Morgan fingerprint density at radius 2 is 2.10 bits per heavy atom. The number of hydrogen-bond donors (Lipinski definition) is 0. The van der Waals surface area contributed by atoms with E-state index in [9.17, 15) is 9.59 Å². The highest BCUT2D eigenvalue weighted by Gasteiger charge is 2.33. The van der Waals surface area contributed by atoms with Gasteiger partial charge in [0.05, 0.1) is 13.7 Å². The topological polar surface area (TPSA) is 68.3 Å². The van der Waals surface area contributed by atoms with Gasteiger partial charge in [-0.25, -0.2) is 4.79 Å². The number of ether oxygens (including phenoxy) is 3. The Hall–Kier alpha value is -2.28. The first-order valence-corrected chi connectivity index (χ1v) is 10.5. The van der Waals surface area contributed by atoms with Crippen LogP contribution in [0.15, 0.2) is 18.2 Å². The molecule has 2 aliphatic heterocycles. The lowest BCUT2D eigenvalue weighted by Gasteiger charge is -2.34. The molecule has 160 valence electrons. The first-order valence-electron chi connectivity index (χ1n) is 10.5. The Morgan fingerprint density at radius 1 is 1.28 bits per heavy atom. The van der Waals surface area contributed by atoms with E-state index in [1.54, 1.807) is 18.9 Å². The molecule has 0 N–H and O–H groups in total. The first-order chi connectivity index (χ1) is 14.0. The molecule has 0 radical (unpaired) electrons. The van der Waals surface area contributed by atoms with Crippen LogP contribution < -0.4 is 9.47 Å². The average molecular weight is 405 g/mol. The zero-order chi connectivity index (χ0) is 20.8. The van der Waals surface area contributed by atoms with Crippen molar-refractivity contribution in [2.75, 3.05) is 33.4 Å². The molecule has 7 heteroatoms. The van der Waals surface area contributed by atoms with Gasteiger partial charge in [0, 0.05) is 44.2 Å². The van der Waals surface area contributed by atoms with Crippen molar-refractivity contribution in [3.8, 4) is 11.5 Å². The Balaban J connectivity index is 1.62. The number of esters is 1. The molecule has 1 aromatic rings. The number of carbonyl (C=O) groups excluding carboxylic acids is 2. The fourth-order valence-corrected chi connectivity index (χ4v) is 4.11. The summed E-state index contributed by atoms with van der Waals surface area (Å²) < 4.78 is 16.5. The fraction of sp³-hybridized carbons (Fsp3) is 0.636. The third-order valence-electron chi connectivity index (χ3n) is 5.54. The Morgan fingerprint density at radius 3 is 2.86 bits per heavy atom. The van der Waals surface area contributed by atoms with Gasteiger partial charge in [0.2, 0.25) is 5.91 Å². The molecule has 0 bridgehead atoms. The molecule has 1 saturated heterocycles. The average Bonchev–Trinajstić information content (AvgIpc) is 2.88. The molecular formula is C22H32N2O5. The number of carbonyl (C=O) groups is 2. The lowest BCUT2D eigenvalue weighted by Crippen LogP contribution is -2.49. The number of methoxy groups -OCH3 is 1. The standard InChI is InChI=1S/C22H32N2O5/c1-4-28-22(26)19-7-5-6-11-24(19)21(25)10-12-23-14-16(2)29-20-13-18(27-3)9-8-17(20)15-23/h8-9,13,16,19H,4-7,10-12,14-15H2,1-3H3. The second-order valence-electron chi connectivity index (χ2n) is 7.74. The third-order valence-corrected chi connectivity index (χ3v) is 5.54. The molecule has 2 heterocycles. The minimum absolute atomic E-state index is 0.0146. The normalized spacial score (nSPS) is 22.2. The van der Waals surface area contributed by atoms with Crippen molar-refractivity contribution in [3.05, 3.63) is 23.8 Å². The molecule has 0 saturated carbocycles. The van der Waals surface area contributed by atoms with E-state index in [1.165, 1.54) is 0 Å². The summed E-state index contributed by atoms with van der Waals surface area (Å²) >= 11 is 0. The molecule has 29 heavy (non-hydrogen) atoms. The van der Waals surface area contributed by atoms with Crippen LogP contribution in [0.2, 0.25) is 0 Å². The summed E-state index contributed by atoms with van der Waals surface area (Å²) in [4.78, 5) is 29.1. The van der Waals surface area contributed by atoms with Crippen LogP contribution in [-0.4, -0.2) is 67.2 Å². The van der Waals surface area contributed by atoms with Crippen LogP contribution in [0.1, 0.15) is 45.1 Å². The number of benzene rings is 1. The zero-order valence-corrected chi connectivity index (χ0v) is 17.7. The molecule has 0 aliphatic carbocycles. The number of fused-ring (bicyclic) bond motifs is 1. The number of amides is 1. The first kappa shape index (κ1) is 21.4. The number of piperidine rings is 1. The van der Waals surface area contributed by atoms with Crippen molar-refractivity contribution >= 4 is 11.9 Å². The zero-order valence-electron chi connectivity index (χ0n) is 17.7. The van der Waals surface area contributed by atoms with E-state index in [-0.39, 0.29) is 18.0 Å². The maximum atomic E-state index is 12.9. The molecule has 0 aromatic heterocycles. The van der Waals surface area contributed by atoms with Crippen LogP contribution in [-0.2, 0) is 20.9 Å². The fourth-order valence-electron chi connectivity index (χ4n) is 4.11. The molecule has 2 unspecified atom stereocenters. The lowest BCUT2D eigenvalue weighted by atomic mass is 10.0. The summed E-state index contributed by atoms with van der Waals surface area (Å²) in [5, 5.41) is 0. The highest BCUT2D eigenvalue weighted by Crippen LogP contribution is 2.29. The van der Waals surface area contributed by atoms with E-state index in [0.29, 0.717) is 32.5 Å². The van der Waals surface area contributed by atoms with Gasteiger partial charge in [-0.2, -0.15) is 0 Å². The second kappa shape index (κ2) is 9.96. The monoisotopic (exact) mass is 404 g/mol. The quantitative estimate of drug-likeness (QED) is 0.679. The van der Waals surface area contributed by atoms with Crippen LogP contribution in [0.5, 0.6) is 11.5 Å². The molecule has 2 atom stereocenters.